The second kappa shape index (κ2) is 7.74. The molecule has 0 aliphatic heterocycles. The Morgan fingerprint density at radius 1 is 1.36 bits per heavy atom. The summed E-state index contributed by atoms with van der Waals surface area (Å²) in [6, 6.07) is 4.34. The number of thiophene rings is 1. The summed E-state index contributed by atoms with van der Waals surface area (Å²) in [6.07, 6.45) is 4.41. The number of carbonyl (C=O) groups excluding carboxylic acids is 1. The van der Waals surface area contributed by atoms with Crippen molar-refractivity contribution in [1.29, 1.82) is 0 Å². The molecule has 2 heterocycles. The van der Waals surface area contributed by atoms with Crippen molar-refractivity contribution in [3.05, 3.63) is 27.4 Å². The first-order valence-corrected chi connectivity index (χ1v) is 10.4. The van der Waals surface area contributed by atoms with Gasteiger partial charge in [0.1, 0.15) is 0 Å². The second-order valence-electron chi connectivity index (χ2n) is 7.00. The zero-order valence-corrected chi connectivity index (χ0v) is 16.7. The summed E-state index contributed by atoms with van der Waals surface area (Å²) in [5.74, 6) is 1.31. The van der Waals surface area contributed by atoms with Crippen LogP contribution in [-0.4, -0.2) is 23.5 Å². The molecule has 2 aliphatic rings. The molecule has 2 fully saturated rings. The maximum atomic E-state index is 12.5. The molecule has 7 heteroatoms. The first-order valence-electron chi connectivity index (χ1n) is 8.66. The van der Waals surface area contributed by atoms with Gasteiger partial charge >= 0.3 is 0 Å². The quantitative estimate of drug-likeness (QED) is 0.809. The highest BCUT2D eigenvalue weighted by Crippen LogP contribution is 2.47. The number of amides is 1. The lowest BCUT2D eigenvalue weighted by Gasteiger charge is -2.26. The second-order valence-corrected chi connectivity index (χ2v) is 9.23. The van der Waals surface area contributed by atoms with Crippen molar-refractivity contribution in [3.63, 3.8) is 0 Å². The molecule has 2 aliphatic carbocycles. The fourth-order valence-electron chi connectivity index (χ4n) is 4.28. The number of fused-ring (bicyclic) bond motifs is 2. The van der Waals surface area contributed by atoms with Crippen LogP contribution in [0.4, 0.5) is 0 Å². The Morgan fingerprint density at radius 3 is 2.84 bits per heavy atom. The van der Waals surface area contributed by atoms with E-state index in [4.69, 9.17) is 5.73 Å². The van der Waals surface area contributed by atoms with Crippen LogP contribution in [0.5, 0.6) is 0 Å². The molecule has 4 atom stereocenters. The normalized spacial score (nSPS) is 27.3. The molecule has 2 aromatic rings. The lowest BCUT2D eigenvalue weighted by Crippen LogP contribution is -2.45. The predicted octanol–water partition coefficient (Wildman–Crippen LogP) is 3.63. The summed E-state index contributed by atoms with van der Waals surface area (Å²) in [5.41, 5.74) is 7.31. The van der Waals surface area contributed by atoms with Gasteiger partial charge in [-0.05, 0) is 56.6 Å². The number of nitrogens with one attached hydrogen (secondary N) is 1. The van der Waals surface area contributed by atoms with Gasteiger partial charge in [-0.1, -0.05) is 0 Å². The van der Waals surface area contributed by atoms with Crippen LogP contribution in [-0.2, 0) is 11.2 Å². The highest BCUT2D eigenvalue weighted by molar-refractivity contribution is 7.16. The van der Waals surface area contributed by atoms with Crippen molar-refractivity contribution < 1.29 is 4.79 Å². The maximum absolute atomic E-state index is 12.5. The minimum atomic E-state index is 0. The van der Waals surface area contributed by atoms with Crippen LogP contribution in [0.3, 0.4) is 0 Å². The lowest BCUT2D eigenvalue weighted by atomic mass is 9.84. The van der Waals surface area contributed by atoms with Gasteiger partial charge in [-0.3, -0.25) is 4.79 Å². The van der Waals surface area contributed by atoms with Gasteiger partial charge in [-0.25, -0.2) is 4.98 Å². The molecule has 25 heavy (non-hydrogen) atoms. The van der Waals surface area contributed by atoms with Crippen LogP contribution in [0.15, 0.2) is 17.5 Å². The van der Waals surface area contributed by atoms with E-state index in [2.05, 4.69) is 27.8 Å². The Bertz CT molecular complexity index is 742. The molecule has 4 nitrogen and oxygen atoms in total. The zero-order chi connectivity index (χ0) is 16.7. The number of halogens is 1. The highest BCUT2D eigenvalue weighted by atomic mass is 35.5. The van der Waals surface area contributed by atoms with Crippen LogP contribution in [0.1, 0.15) is 29.1 Å². The van der Waals surface area contributed by atoms with Crippen LogP contribution >= 0.6 is 35.1 Å². The van der Waals surface area contributed by atoms with Gasteiger partial charge < -0.3 is 11.1 Å². The fourth-order valence-corrected chi connectivity index (χ4v) is 5.93. The number of thiazole rings is 1. The number of hydrogen-bond acceptors (Lipinski definition) is 5. The first kappa shape index (κ1) is 18.8. The molecule has 0 radical (unpaired) electrons. The van der Waals surface area contributed by atoms with Crippen molar-refractivity contribution in [2.45, 2.75) is 38.6 Å². The van der Waals surface area contributed by atoms with E-state index in [1.807, 2.05) is 6.92 Å². The monoisotopic (exact) mass is 397 g/mol. The van der Waals surface area contributed by atoms with E-state index in [0.29, 0.717) is 18.4 Å². The van der Waals surface area contributed by atoms with Gasteiger partial charge in [0, 0.05) is 22.8 Å². The zero-order valence-electron chi connectivity index (χ0n) is 14.2. The van der Waals surface area contributed by atoms with E-state index in [1.54, 1.807) is 22.7 Å². The molecule has 3 N–H and O–H groups in total. The van der Waals surface area contributed by atoms with E-state index >= 15 is 0 Å². The lowest BCUT2D eigenvalue weighted by molar-refractivity contribution is -0.127. The molecule has 0 saturated heterocycles. The summed E-state index contributed by atoms with van der Waals surface area (Å²) >= 11 is 3.44. The van der Waals surface area contributed by atoms with Crippen molar-refractivity contribution >= 4 is 41.0 Å². The molecule has 2 aromatic heterocycles. The Hall–Kier alpha value is -0.950. The number of rotatable bonds is 5. The Kier molecular flexibility index (Phi) is 5.83. The van der Waals surface area contributed by atoms with E-state index in [-0.39, 0.29) is 30.3 Å². The first-order chi connectivity index (χ1) is 11.6. The van der Waals surface area contributed by atoms with Gasteiger partial charge in [0.15, 0.2) is 0 Å². The predicted molar refractivity (Wildman–Crippen MR) is 106 cm³/mol. The van der Waals surface area contributed by atoms with E-state index in [1.165, 1.54) is 22.6 Å². The van der Waals surface area contributed by atoms with Gasteiger partial charge in [-0.15, -0.1) is 35.1 Å². The summed E-state index contributed by atoms with van der Waals surface area (Å²) in [5, 5.41) is 6.31. The largest absolute Gasteiger partial charge is 0.355 e. The minimum absolute atomic E-state index is 0. The summed E-state index contributed by atoms with van der Waals surface area (Å²) < 4.78 is 0. The van der Waals surface area contributed by atoms with E-state index in [9.17, 15) is 4.79 Å². The SMILES string of the molecule is Cc1nc(-c2ccc(CCNC(=O)C3C4CCC(C4)C3N)s2)cs1.Cl. The molecule has 0 aromatic carbocycles. The van der Waals surface area contributed by atoms with Gasteiger partial charge in [0.25, 0.3) is 0 Å². The van der Waals surface area contributed by atoms with Gasteiger partial charge in [0.05, 0.1) is 21.5 Å². The number of aryl methyl sites for hydroxylation is 1. The van der Waals surface area contributed by atoms with Crippen molar-refractivity contribution in [2.24, 2.45) is 23.5 Å². The summed E-state index contributed by atoms with van der Waals surface area (Å²) in [4.78, 5) is 19.5. The number of carbonyl (C=O) groups is 1. The van der Waals surface area contributed by atoms with Crippen LogP contribution < -0.4 is 11.1 Å². The van der Waals surface area contributed by atoms with Crippen molar-refractivity contribution in [3.8, 4) is 10.6 Å². The smallest absolute Gasteiger partial charge is 0.224 e. The third-order valence-electron chi connectivity index (χ3n) is 5.49. The number of nitrogens with two attached hydrogens (primary N) is 1. The minimum Gasteiger partial charge on any atom is -0.355 e. The number of nitrogens with zero attached hydrogens (tertiary/aromatic N) is 1. The standard InChI is InChI=1S/C18H23N3OS2.ClH/c1-10-21-14(9-23-10)15-5-4-13(24-15)6-7-20-18(22)16-11-2-3-12(8-11)17(16)19;/h4-5,9,11-12,16-17H,2-3,6-8,19H2,1H3,(H,20,22);1H. The van der Waals surface area contributed by atoms with E-state index in [0.717, 1.165) is 23.5 Å². The molecule has 4 rings (SSSR count). The third-order valence-corrected chi connectivity index (χ3v) is 7.43. The van der Waals surface area contributed by atoms with Gasteiger partial charge in [-0.2, -0.15) is 0 Å². The molecule has 1 amide bonds. The average molecular weight is 398 g/mol. The van der Waals surface area contributed by atoms with Crippen LogP contribution in [0.25, 0.3) is 10.6 Å². The molecule has 2 saturated carbocycles. The van der Waals surface area contributed by atoms with E-state index < -0.39 is 0 Å². The summed E-state index contributed by atoms with van der Waals surface area (Å²) in [6.45, 7) is 2.72. The Morgan fingerprint density at radius 2 is 2.16 bits per heavy atom. The summed E-state index contributed by atoms with van der Waals surface area (Å²) in [7, 11) is 0. The Labute approximate surface area is 162 Å². The Balaban J connectivity index is 0.00000182. The molecular weight excluding hydrogens is 374 g/mol. The van der Waals surface area contributed by atoms with Crippen LogP contribution in [0.2, 0.25) is 0 Å². The topological polar surface area (TPSA) is 68.0 Å². The average Bonchev–Trinajstić information content (AvgIpc) is 3.30. The molecule has 2 bridgehead atoms. The highest BCUT2D eigenvalue weighted by Gasteiger charge is 2.48. The molecular formula is C18H24ClN3OS2. The molecule has 136 valence electrons. The molecule has 0 spiro atoms. The third kappa shape index (κ3) is 3.77. The van der Waals surface area contributed by atoms with Crippen LogP contribution in [0, 0.1) is 24.7 Å². The van der Waals surface area contributed by atoms with Crippen molar-refractivity contribution in [1.82, 2.24) is 10.3 Å². The fraction of sp³-hybridized carbons (Fsp3) is 0.556. The maximum Gasteiger partial charge on any atom is 0.224 e. The number of aromatic nitrogens is 1. The van der Waals surface area contributed by atoms with Crippen molar-refractivity contribution in [2.75, 3.05) is 6.54 Å². The van der Waals surface area contributed by atoms with Gasteiger partial charge in [0.2, 0.25) is 5.91 Å². The number of hydrogen-bond donors (Lipinski definition) is 2. The molecule has 4 unspecified atom stereocenters.